The maximum absolute atomic E-state index is 5.98. The molecule has 3 nitrogen and oxygen atoms in total. The second-order valence-corrected chi connectivity index (χ2v) is 5.80. The maximum Gasteiger partial charge on any atom is 0.0631 e. The molecule has 114 valence electrons. The van der Waals surface area contributed by atoms with Crippen LogP contribution in [0.15, 0.2) is 36.5 Å². The zero-order chi connectivity index (χ0) is 15.2. The average molecular weight is 285 g/mol. The summed E-state index contributed by atoms with van der Waals surface area (Å²) in [5.41, 5.74) is 9.70. The van der Waals surface area contributed by atoms with E-state index < -0.39 is 0 Å². The monoisotopic (exact) mass is 285 g/mol. The first-order valence-corrected chi connectivity index (χ1v) is 7.98. The highest BCUT2D eigenvalue weighted by atomic mass is 15.3. The predicted octanol–water partition coefficient (Wildman–Crippen LogP) is 3.84. The zero-order valence-electron chi connectivity index (χ0n) is 13.4. The molecule has 1 aromatic heterocycles. The van der Waals surface area contributed by atoms with E-state index in [1.165, 1.54) is 11.1 Å². The molecule has 0 fully saturated rings. The van der Waals surface area contributed by atoms with Crippen molar-refractivity contribution in [3.63, 3.8) is 0 Å². The normalized spacial score (nSPS) is 12.8. The highest BCUT2D eigenvalue weighted by Gasteiger charge is 2.14. The summed E-state index contributed by atoms with van der Waals surface area (Å²) in [5.74, 6) is 0.343. The van der Waals surface area contributed by atoms with Crippen LogP contribution >= 0.6 is 0 Å². The molecule has 0 spiro atoms. The highest BCUT2D eigenvalue weighted by molar-refractivity contribution is 5.26. The van der Waals surface area contributed by atoms with Gasteiger partial charge in [-0.2, -0.15) is 5.10 Å². The molecule has 21 heavy (non-hydrogen) atoms. The lowest BCUT2D eigenvalue weighted by Gasteiger charge is -2.15. The Labute approximate surface area is 128 Å². The summed E-state index contributed by atoms with van der Waals surface area (Å²) in [6, 6.07) is 11.3. The smallest absolute Gasteiger partial charge is 0.0631 e. The Kier molecular flexibility index (Phi) is 5.57. The largest absolute Gasteiger partial charge is 0.330 e. The second-order valence-electron chi connectivity index (χ2n) is 5.80. The van der Waals surface area contributed by atoms with Crippen molar-refractivity contribution in [2.75, 3.05) is 6.54 Å². The van der Waals surface area contributed by atoms with Crippen LogP contribution < -0.4 is 5.73 Å². The Morgan fingerprint density at radius 3 is 2.33 bits per heavy atom. The van der Waals surface area contributed by atoms with Gasteiger partial charge in [-0.3, -0.25) is 4.68 Å². The fourth-order valence-electron chi connectivity index (χ4n) is 2.78. The van der Waals surface area contributed by atoms with Gasteiger partial charge in [-0.05, 0) is 44.4 Å². The number of benzene rings is 1. The molecule has 0 bridgehead atoms. The zero-order valence-corrected chi connectivity index (χ0v) is 13.4. The fraction of sp³-hybridized carbons (Fsp3) is 0.500. The molecule has 0 saturated heterocycles. The van der Waals surface area contributed by atoms with Crippen molar-refractivity contribution in [1.29, 1.82) is 0 Å². The van der Waals surface area contributed by atoms with Crippen molar-refractivity contribution >= 4 is 0 Å². The number of rotatable bonds is 7. The fourth-order valence-corrected chi connectivity index (χ4v) is 2.78. The van der Waals surface area contributed by atoms with Crippen molar-refractivity contribution < 1.29 is 0 Å². The number of aromatic nitrogens is 2. The summed E-state index contributed by atoms with van der Waals surface area (Å²) in [6.45, 7) is 7.19. The number of hydrogen-bond donors (Lipinski definition) is 1. The molecule has 0 aliphatic rings. The first-order valence-electron chi connectivity index (χ1n) is 7.98. The quantitative estimate of drug-likeness (QED) is 0.840. The van der Waals surface area contributed by atoms with Crippen molar-refractivity contribution in [2.45, 2.75) is 52.0 Å². The Balaban J connectivity index is 2.10. The van der Waals surface area contributed by atoms with E-state index in [0.29, 0.717) is 18.5 Å². The minimum absolute atomic E-state index is 0.343. The SMILES string of the molecule is CCC(CC)n1ccc(CC(CN)c2ccc(C)cc2)n1. The minimum atomic E-state index is 0.343. The van der Waals surface area contributed by atoms with E-state index in [2.05, 4.69) is 62.0 Å². The van der Waals surface area contributed by atoms with Crippen molar-refractivity contribution in [1.82, 2.24) is 9.78 Å². The van der Waals surface area contributed by atoms with E-state index >= 15 is 0 Å². The lowest BCUT2D eigenvalue weighted by atomic mass is 9.94. The van der Waals surface area contributed by atoms with E-state index in [1.807, 2.05) is 0 Å². The highest BCUT2D eigenvalue weighted by Crippen LogP contribution is 2.21. The number of aryl methyl sites for hydroxylation is 1. The van der Waals surface area contributed by atoms with Crippen LogP contribution in [-0.2, 0) is 6.42 Å². The third-order valence-electron chi connectivity index (χ3n) is 4.27. The summed E-state index contributed by atoms with van der Waals surface area (Å²) < 4.78 is 2.11. The first kappa shape index (κ1) is 15.8. The van der Waals surface area contributed by atoms with Crippen LogP contribution in [0.4, 0.5) is 0 Å². The van der Waals surface area contributed by atoms with Crippen LogP contribution in [0.5, 0.6) is 0 Å². The van der Waals surface area contributed by atoms with Gasteiger partial charge >= 0.3 is 0 Å². The van der Waals surface area contributed by atoms with E-state index in [9.17, 15) is 0 Å². The van der Waals surface area contributed by atoms with E-state index in [1.54, 1.807) is 0 Å². The molecule has 1 atom stereocenters. The Bertz CT molecular complexity index is 538. The van der Waals surface area contributed by atoms with Gasteiger partial charge in [0.2, 0.25) is 0 Å². The molecule has 2 aromatic rings. The van der Waals surface area contributed by atoms with Gasteiger partial charge in [-0.25, -0.2) is 0 Å². The van der Waals surface area contributed by atoms with Crippen molar-refractivity contribution in [3.8, 4) is 0 Å². The molecule has 0 aliphatic carbocycles. The molecular formula is C18H27N3. The molecule has 0 radical (unpaired) electrons. The summed E-state index contributed by atoms with van der Waals surface area (Å²) in [6.07, 6.45) is 5.26. The van der Waals surface area contributed by atoms with Crippen LogP contribution in [0, 0.1) is 6.92 Å². The van der Waals surface area contributed by atoms with E-state index in [4.69, 9.17) is 10.8 Å². The second kappa shape index (κ2) is 7.41. The van der Waals surface area contributed by atoms with Gasteiger partial charge in [-0.15, -0.1) is 0 Å². The van der Waals surface area contributed by atoms with Gasteiger partial charge in [-0.1, -0.05) is 43.7 Å². The molecule has 2 rings (SSSR count). The van der Waals surface area contributed by atoms with Crippen LogP contribution in [-0.4, -0.2) is 16.3 Å². The van der Waals surface area contributed by atoms with Gasteiger partial charge in [0.1, 0.15) is 0 Å². The van der Waals surface area contributed by atoms with Crippen LogP contribution in [0.2, 0.25) is 0 Å². The Morgan fingerprint density at radius 1 is 1.10 bits per heavy atom. The summed E-state index contributed by atoms with van der Waals surface area (Å²) in [4.78, 5) is 0. The van der Waals surface area contributed by atoms with E-state index in [0.717, 1.165) is 25.0 Å². The topological polar surface area (TPSA) is 43.8 Å². The van der Waals surface area contributed by atoms with Crippen LogP contribution in [0.3, 0.4) is 0 Å². The molecule has 0 amide bonds. The molecule has 1 aromatic carbocycles. The van der Waals surface area contributed by atoms with Gasteiger partial charge in [0.25, 0.3) is 0 Å². The predicted molar refractivity (Wildman–Crippen MR) is 88.5 cm³/mol. The molecule has 0 aliphatic heterocycles. The average Bonchev–Trinajstić information content (AvgIpc) is 2.96. The molecular weight excluding hydrogens is 258 g/mol. The minimum Gasteiger partial charge on any atom is -0.330 e. The van der Waals surface area contributed by atoms with Crippen LogP contribution in [0.1, 0.15) is 55.5 Å². The van der Waals surface area contributed by atoms with Gasteiger partial charge in [0.05, 0.1) is 11.7 Å². The van der Waals surface area contributed by atoms with Gasteiger partial charge < -0.3 is 5.73 Å². The number of hydrogen-bond acceptors (Lipinski definition) is 2. The number of nitrogens with two attached hydrogens (primary N) is 1. The third-order valence-corrected chi connectivity index (χ3v) is 4.27. The Hall–Kier alpha value is -1.61. The third kappa shape index (κ3) is 3.94. The van der Waals surface area contributed by atoms with Crippen molar-refractivity contribution in [2.24, 2.45) is 5.73 Å². The Morgan fingerprint density at radius 2 is 1.76 bits per heavy atom. The molecule has 2 N–H and O–H groups in total. The standard InChI is InChI=1S/C18H27N3/c1-4-18(5-2)21-11-10-17(20-21)12-16(13-19)15-8-6-14(3)7-9-15/h6-11,16,18H,4-5,12-13,19H2,1-3H3. The van der Waals surface area contributed by atoms with Gasteiger partial charge in [0, 0.05) is 12.1 Å². The summed E-state index contributed by atoms with van der Waals surface area (Å²) in [5, 5.41) is 4.74. The lowest BCUT2D eigenvalue weighted by molar-refractivity contribution is 0.424. The lowest BCUT2D eigenvalue weighted by Crippen LogP contribution is -2.16. The molecule has 3 heteroatoms. The first-order chi connectivity index (χ1) is 10.2. The molecule has 0 saturated carbocycles. The van der Waals surface area contributed by atoms with Crippen molar-refractivity contribution in [3.05, 3.63) is 53.3 Å². The molecule has 1 unspecified atom stereocenters. The number of nitrogens with zero attached hydrogens (tertiary/aromatic N) is 2. The van der Waals surface area contributed by atoms with Gasteiger partial charge in [0.15, 0.2) is 0 Å². The van der Waals surface area contributed by atoms with E-state index in [-0.39, 0.29) is 0 Å². The summed E-state index contributed by atoms with van der Waals surface area (Å²) in [7, 11) is 0. The molecule has 1 heterocycles. The van der Waals surface area contributed by atoms with Crippen LogP contribution in [0.25, 0.3) is 0 Å². The summed E-state index contributed by atoms with van der Waals surface area (Å²) >= 11 is 0. The maximum atomic E-state index is 5.98.